The summed E-state index contributed by atoms with van der Waals surface area (Å²) in [5, 5.41) is 0. The molecular weight excluding hydrogens is 723 g/mol. The predicted molar refractivity (Wildman–Crippen MR) is 219 cm³/mol. The molecule has 7 rings (SSSR count). The Kier molecular flexibility index (Phi) is 10.5. The van der Waals surface area contributed by atoms with Crippen molar-refractivity contribution in [2.75, 3.05) is 4.43 Å². The lowest BCUT2D eigenvalue weighted by molar-refractivity contribution is 0.825. The van der Waals surface area contributed by atoms with Crippen molar-refractivity contribution in [3.8, 4) is 45.3 Å². The highest BCUT2D eigenvalue weighted by Crippen LogP contribution is 2.37. The first-order chi connectivity index (χ1) is 24.7. The first kappa shape index (κ1) is 33.1. The van der Waals surface area contributed by atoms with Gasteiger partial charge in [-0.3, -0.25) is 4.98 Å². The smallest absolute Gasteiger partial charge is 0.164 e. The third kappa shape index (κ3) is 7.74. The summed E-state index contributed by atoms with van der Waals surface area (Å²) in [5.74, 6) is 2.09. The van der Waals surface area contributed by atoms with E-state index in [4.69, 9.17) is 19.9 Å². The second-order valence-electron chi connectivity index (χ2n) is 12.1. The molecule has 0 amide bonds. The SMILES string of the molecule is C=IC/C(=C\C=C/C)c1cc(-c2ccccc2)cc(C2C=CC=C(c3cccc(-c4nc(-c5ccccc5)nc(-c5ccccc5)n4)c3)C2)n1. The number of hydrogen-bond acceptors (Lipinski definition) is 4. The average Bonchev–Trinajstić information content (AvgIpc) is 3.20. The fraction of sp³-hybridized carbons (Fsp3) is 0.0889. The van der Waals surface area contributed by atoms with Gasteiger partial charge in [-0.25, -0.2) is 15.0 Å². The molecule has 4 aromatic carbocycles. The third-order valence-corrected chi connectivity index (χ3v) is 10.0. The minimum atomic E-state index is -0.189. The molecule has 0 bridgehead atoms. The summed E-state index contributed by atoms with van der Waals surface area (Å²) in [4.78, 5) is 20.1. The molecule has 0 fully saturated rings. The number of pyridine rings is 1. The predicted octanol–water partition coefficient (Wildman–Crippen LogP) is 11.4. The molecule has 0 spiro atoms. The highest BCUT2D eigenvalue weighted by molar-refractivity contribution is 14.2. The lowest BCUT2D eigenvalue weighted by Gasteiger charge is -2.21. The average molecular weight is 761 g/mol. The summed E-state index contributed by atoms with van der Waals surface area (Å²) >= 11 is -0.189. The van der Waals surface area contributed by atoms with Gasteiger partial charge in [0.1, 0.15) is 0 Å². The van der Waals surface area contributed by atoms with Gasteiger partial charge in [0.2, 0.25) is 0 Å². The number of allylic oxidation sites excluding steroid dienone is 8. The lowest BCUT2D eigenvalue weighted by atomic mass is 9.86. The van der Waals surface area contributed by atoms with Gasteiger partial charge in [0.05, 0.1) is 5.69 Å². The van der Waals surface area contributed by atoms with E-state index in [-0.39, 0.29) is 26.6 Å². The van der Waals surface area contributed by atoms with Gasteiger partial charge in [-0.2, -0.15) is 0 Å². The first-order valence-electron chi connectivity index (χ1n) is 16.8. The van der Waals surface area contributed by atoms with E-state index < -0.39 is 0 Å². The molecule has 0 N–H and O–H groups in total. The number of nitrogens with zero attached hydrogens (tertiary/aromatic N) is 4. The number of benzene rings is 4. The van der Waals surface area contributed by atoms with E-state index in [0.29, 0.717) is 17.5 Å². The Labute approximate surface area is 304 Å². The largest absolute Gasteiger partial charge is 0.252 e. The van der Waals surface area contributed by atoms with Crippen molar-refractivity contribution in [3.63, 3.8) is 0 Å². The number of halogens is 1. The van der Waals surface area contributed by atoms with Gasteiger partial charge in [-0.05, 0) is 59.4 Å². The van der Waals surface area contributed by atoms with E-state index in [0.717, 1.165) is 44.5 Å². The van der Waals surface area contributed by atoms with E-state index in [2.05, 4.69) is 108 Å². The maximum absolute atomic E-state index is 5.31. The quantitative estimate of drug-likeness (QED) is 0.0793. The molecule has 244 valence electrons. The molecule has 1 aliphatic carbocycles. The van der Waals surface area contributed by atoms with Crippen LogP contribution >= 0.6 is 20.7 Å². The van der Waals surface area contributed by atoms with E-state index in [1.54, 1.807) is 0 Å². The molecule has 1 atom stereocenters. The number of alkyl halides is 1. The van der Waals surface area contributed by atoms with Gasteiger partial charge in [0, 0.05) is 32.7 Å². The van der Waals surface area contributed by atoms with Crippen LogP contribution in [0.15, 0.2) is 164 Å². The van der Waals surface area contributed by atoms with Crippen LogP contribution in [0.2, 0.25) is 0 Å². The van der Waals surface area contributed by atoms with Crippen LogP contribution in [0.25, 0.3) is 56.4 Å². The van der Waals surface area contributed by atoms with Gasteiger partial charge in [0.15, 0.2) is 17.5 Å². The highest BCUT2D eigenvalue weighted by atomic mass is 127. The molecule has 1 aliphatic rings. The van der Waals surface area contributed by atoms with E-state index in [1.807, 2.05) is 67.6 Å². The topological polar surface area (TPSA) is 51.6 Å². The lowest BCUT2D eigenvalue weighted by Crippen LogP contribution is -2.06. The Hall–Kier alpha value is -5.40. The summed E-state index contributed by atoms with van der Waals surface area (Å²) in [6.07, 6.45) is 13.9. The zero-order valence-corrected chi connectivity index (χ0v) is 30.1. The van der Waals surface area contributed by atoms with E-state index >= 15 is 0 Å². The second kappa shape index (κ2) is 15.9. The van der Waals surface area contributed by atoms with Crippen molar-refractivity contribution < 1.29 is 0 Å². The fourth-order valence-electron chi connectivity index (χ4n) is 6.11. The molecule has 4 nitrogen and oxygen atoms in total. The molecular formula is C45H37IN4. The van der Waals surface area contributed by atoms with Crippen molar-refractivity contribution in [3.05, 3.63) is 181 Å². The van der Waals surface area contributed by atoms with Crippen LogP contribution < -0.4 is 0 Å². The Morgan fingerprint density at radius 1 is 0.660 bits per heavy atom. The molecule has 1 unspecified atom stereocenters. The number of hydrogen-bond donors (Lipinski definition) is 0. The van der Waals surface area contributed by atoms with Gasteiger partial charge >= 0.3 is 0 Å². The van der Waals surface area contributed by atoms with Crippen LogP contribution in [0.4, 0.5) is 0 Å². The van der Waals surface area contributed by atoms with Gasteiger partial charge in [-0.1, -0.05) is 150 Å². The third-order valence-electron chi connectivity index (χ3n) is 8.66. The Balaban J connectivity index is 1.24. The first-order valence-corrected chi connectivity index (χ1v) is 19.8. The molecule has 6 aromatic rings. The van der Waals surface area contributed by atoms with Crippen LogP contribution in [-0.2, 0) is 0 Å². The van der Waals surface area contributed by atoms with Crippen molar-refractivity contribution in [2.45, 2.75) is 19.3 Å². The zero-order valence-electron chi connectivity index (χ0n) is 28.0. The summed E-state index contributed by atoms with van der Waals surface area (Å²) in [7, 11) is 0. The summed E-state index contributed by atoms with van der Waals surface area (Å²) in [5.41, 5.74) is 11.0. The summed E-state index contributed by atoms with van der Waals surface area (Å²) in [6.45, 7) is 2.05. The van der Waals surface area contributed by atoms with E-state index in [1.165, 1.54) is 22.3 Å². The summed E-state index contributed by atoms with van der Waals surface area (Å²) < 4.78 is 5.22. The van der Waals surface area contributed by atoms with Crippen LogP contribution in [0.3, 0.4) is 0 Å². The second-order valence-corrected chi connectivity index (χ2v) is 13.9. The Bertz CT molecular complexity index is 2180. The number of aromatic nitrogens is 4. The Morgan fingerprint density at radius 3 is 1.86 bits per heavy atom. The van der Waals surface area contributed by atoms with Gasteiger partial charge in [0.25, 0.3) is 0 Å². The molecule has 0 aliphatic heterocycles. The maximum atomic E-state index is 5.31. The molecule has 2 aromatic heterocycles. The normalized spacial score (nSPS) is 14.5. The number of rotatable bonds is 10. The molecule has 0 radical (unpaired) electrons. The molecule has 0 saturated heterocycles. The van der Waals surface area contributed by atoms with Gasteiger partial charge < -0.3 is 0 Å². The van der Waals surface area contributed by atoms with Crippen molar-refractivity contribution in [2.24, 2.45) is 0 Å². The minimum absolute atomic E-state index is 0.130. The van der Waals surface area contributed by atoms with Crippen molar-refractivity contribution in [1.29, 1.82) is 0 Å². The van der Waals surface area contributed by atoms with E-state index in [9.17, 15) is 0 Å². The monoisotopic (exact) mass is 760 g/mol. The molecule has 5 heteroatoms. The standard InChI is InChI=1S/C45H37IN4/c1-3-4-16-39(31-46-2)42-30-40(32-17-8-5-9-18-32)29-41(47-42)37-25-14-23-35(27-37)36-24-15-26-38(28-36)45-49-43(33-19-10-6-11-20-33)48-44(50-45)34-21-12-7-13-22-34/h3-26,28-30,37H,2,27,31H2,1H3/b4-3-,39-16+. The zero-order chi connectivity index (χ0) is 34.1. The Morgan fingerprint density at radius 2 is 1.24 bits per heavy atom. The minimum Gasteiger partial charge on any atom is -0.252 e. The molecule has 50 heavy (non-hydrogen) atoms. The molecule has 0 saturated carbocycles. The molecule has 2 heterocycles. The summed E-state index contributed by atoms with van der Waals surface area (Å²) in [6, 6.07) is 43.9. The van der Waals surface area contributed by atoms with Crippen molar-refractivity contribution in [1.82, 2.24) is 19.9 Å². The van der Waals surface area contributed by atoms with Crippen LogP contribution in [-0.4, -0.2) is 28.9 Å². The maximum Gasteiger partial charge on any atom is 0.164 e. The fourth-order valence-corrected chi connectivity index (χ4v) is 7.33. The van der Waals surface area contributed by atoms with Crippen LogP contribution in [0.1, 0.15) is 36.2 Å². The van der Waals surface area contributed by atoms with Crippen LogP contribution in [0.5, 0.6) is 0 Å². The van der Waals surface area contributed by atoms with Crippen molar-refractivity contribution >= 4 is 36.4 Å². The van der Waals surface area contributed by atoms with Gasteiger partial charge in [-0.15, -0.1) is 20.7 Å². The highest BCUT2D eigenvalue weighted by Gasteiger charge is 2.20. The van der Waals surface area contributed by atoms with Crippen LogP contribution in [0, 0.1) is 0 Å².